The van der Waals surface area contributed by atoms with Gasteiger partial charge in [-0.25, -0.2) is 4.90 Å². The van der Waals surface area contributed by atoms with Crippen LogP contribution in [0, 0.1) is 11.3 Å². The van der Waals surface area contributed by atoms with Crippen molar-refractivity contribution >= 4 is 17.5 Å². The van der Waals surface area contributed by atoms with Gasteiger partial charge in [0.05, 0.1) is 5.69 Å². The molecule has 0 radical (unpaired) electrons. The molecule has 1 aliphatic heterocycles. The van der Waals surface area contributed by atoms with E-state index in [1.54, 1.807) is 26.1 Å². The second-order valence-electron chi connectivity index (χ2n) is 4.18. The number of nitriles is 1. The van der Waals surface area contributed by atoms with Crippen LogP contribution in [0.2, 0.25) is 0 Å². The van der Waals surface area contributed by atoms with E-state index in [-0.39, 0.29) is 0 Å². The second-order valence-corrected chi connectivity index (χ2v) is 4.18. The van der Waals surface area contributed by atoms with Crippen LogP contribution in [0.4, 0.5) is 5.69 Å². The molecule has 0 aromatic heterocycles. The Bertz CT molecular complexity index is 577. The minimum absolute atomic E-state index is 0.322. The van der Waals surface area contributed by atoms with Gasteiger partial charge in [0.25, 0.3) is 5.91 Å². The van der Waals surface area contributed by atoms with Crippen molar-refractivity contribution in [1.29, 1.82) is 5.26 Å². The molecule has 1 aromatic rings. The van der Waals surface area contributed by atoms with Gasteiger partial charge in [-0.15, -0.1) is 0 Å². The summed E-state index contributed by atoms with van der Waals surface area (Å²) in [7, 11) is 1.79. The molecular weight excluding hydrogens is 246 g/mol. The number of ether oxygens (including phenoxy) is 1. The Morgan fingerprint density at radius 1 is 1.58 bits per heavy atom. The Kier molecular flexibility index (Phi) is 3.49. The first kappa shape index (κ1) is 13.1. The fraction of sp³-hybridized carbons (Fsp3) is 0.308. The van der Waals surface area contributed by atoms with Gasteiger partial charge in [-0.3, -0.25) is 9.59 Å². The zero-order valence-electron chi connectivity index (χ0n) is 10.6. The molecule has 0 spiro atoms. The maximum Gasteiger partial charge on any atom is 0.336 e. The lowest BCUT2D eigenvalue weighted by molar-refractivity contribution is -0.129. The van der Waals surface area contributed by atoms with Crippen molar-refractivity contribution in [3.63, 3.8) is 0 Å². The summed E-state index contributed by atoms with van der Waals surface area (Å²) in [6.07, 6.45) is -0.778. The lowest BCUT2D eigenvalue weighted by Crippen LogP contribution is -2.47. The van der Waals surface area contributed by atoms with Gasteiger partial charge < -0.3 is 10.1 Å². The topological polar surface area (TPSA) is 82.4 Å². The molecular formula is C13H13N3O3. The van der Waals surface area contributed by atoms with E-state index in [1.165, 1.54) is 6.07 Å². The fourth-order valence-electron chi connectivity index (χ4n) is 1.95. The minimum atomic E-state index is -0.900. The quantitative estimate of drug-likeness (QED) is 0.785. The van der Waals surface area contributed by atoms with Crippen molar-refractivity contribution in [2.24, 2.45) is 0 Å². The highest BCUT2D eigenvalue weighted by atomic mass is 16.5. The van der Waals surface area contributed by atoms with Crippen molar-refractivity contribution in [3.8, 4) is 11.8 Å². The number of hydrogen-bond acceptors (Lipinski definition) is 5. The summed E-state index contributed by atoms with van der Waals surface area (Å²) in [5.41, 5.74) is 1.21. The number of hydrogen-bond donors (Lipinski definition) is 1. The highest BCUT2D eigenvalue weighted by Crippen LogP contribution is 2.34. The first-order valence-electron chi connectivity index (χ1n) is 5.80. The number of anilines is 1. The average Bonchev–Trinajstić information content (AvgIpc) is 2.40. The number of imide groups is 1. The van der Waals surface area contributed by atoms with Crippen molar-refractivity contribution in [2.75, 3.05) is 11.9 Å². The van der Waals surface area contributed by atoms with Crippen LogP contribution in [0.5, 0.6) is 5.75 Å². The van der Waals surface area contributed by atoms with Gasteiger partial charge >= 0.3 is 5.91 Å². The summed E-state index contributed by atoms with van der Waals surface area (Å²) < 4.78 is 5.43. The molecule has 1 atom stereocenters. The molecule has 1 aliphatic rings. The smallest absolute Gasteiger partial charge is 0.336 e. The van der Waals surface area contributed by atoms with Gasteiger partial charge in [-0.05, 0) is 31.7 Å². The van der Waals surface area contributed by atoms with Crippen LogP contribution >= 0.6 is 0 Å². The van der Waals surface area contributed by atoms with E-state index in [2.05, 4.69) is 5.32 Å². The molecule has 1 aromatic carbocycles. The third-order valence-corrected chi connectivity index (χ3v) is 2.82. The number of rotatable bonds is 2. The molecule has 1 heterocycles. The van der Waals surface area contributed by atoms with Crippen LogP contribution in [-0.2, 0) is 16.1 Å². The van der Waals surface area contributed by atoms with Crippen LogP contribution < -0.4 is 15.0 Å². The van der Waals surface area contributed by atoms with E-state index >= 15 is 0 Å². The highest BCUT2D eigenvalue weighted by Gasteiger charge is 2.35. The number of nitrogens with zero attached hydrogens (tertiary/aromatic N) is 2. The Balaban J connectivity index is 2.51. The molecule has 0 bridgehead atoms. The molecule has 2 rings (SSSR count). The summed E-state index contributed by atoms with van der Waals surface area (Å²) in [5, 5.41) is 11.7. The zero-order valence-corrected chi connectivity index (χ0v) is 10.6. The molecule has 98 valence electrons. The summed E-state index contributed by atoms with van der Waals surface area (Å²) >= 11 is 0. The van der Waals surface area contributed by atoms with Gasteiger partial charge in [-0.1, -0.05) is 6.07 Å². The SMILES string of the molecule is CNCc1ccc2c(c1)N(C(=O)C#N)C(=O)C(C)O2. The number of nitrogens with one attached hydrogen (secondary N) is 1. The molecule has 6 nitrogen and oxygen atoms in total. The Morgan fingerprint density at radius 3 is 2.95 bits per heavy atom. The van der Waals surface area contributed by atoms with Gasteiger partial charge in [0.15, 0.2) is 12.2 Å². The second kappa shape index (κ2) is 5.08. The first-order chi connectivity index (χ1) is 9.08. The Morgan fingerprint density at radius 2 is 2.32 bits per heavy atom. The number of carbonyl (C=O) groups is 2. The van der Waals surface area contributed by atoms with Gasteiger partial charge in [0.2, 0.25) is 0 Å². The third kappa shape index (κ3) is 2.28. The van der Waals surface area contributed by atoms with Crippen molar-refractivity contribution in [1.82, 2.24) is 5.32 Å². The fourth-order valence-corrected chi connectivity index (χ4v) is 1.95. The van der Waals surface area contributed by atoms with Crippen LogP contribution in [-0.4, -0.2) is 25.0 Å². The number of amides is 2. The van der Waals surface area contributed by atoms with E-state index in [9.17, 15) is 9.59 Å². The summed E-state index contributed by atoms with van der Waals surface area (Å²) in [4.78, 5) is 24.5. The van der Waals surface area contributed by atoms with Crippen LogP contribution in [0.15, 0.2) is 18.2 Å². The average molecular weight is 259 g/mol. The lowest BCUT2D eigenvalue weighted by Gasteiger charge is -2.30. The number of fused-ring (bicyclic) bond motifs is 1. The van der Waals surface area contributed by atoms with E-state index in [0.717, 1.165) is 10.5 Å². The Labute approximate surface area is 110 Å². The van der Waals surface area contributed by atoms with Gasteiger partial charge in [0.1, 0.15) is 5.75 Å². The third-order valence-electron chi connectivity index (χ3n) is 2.82. The van der Waals surface area contributed by atoms with Crippen LogP contribution in [0.25, 0.3) is 0 Å². The largest absolute Gasteiger partial charge is 0.479 e. The van der Waals surface area contributed by atoms with Gasteiger partial charge in [-0.2, -0.15) is 5.26 Å². The molecule has 2 amide bonds. The maximum atomic E-state index is 12.0. The lowest BCUT2D eigenvalue weighted by atomic mass is 10.1. The number of carbonyl (C=O) groups excluding carboxylic acids is 2. The molecule has 0 aliphatic carbocycles. The first-order valence-corrected chi connectivity index (χ1v) is 5.80. The van der Waals surface area contributed by atoms with E-state index in [0.29, 0.717) is 18.0 Å². The highest BCUT2D eigenvalue weighted by molar-refractivity contribution is 6.23. The van der Waals surface area contributed by atoms with Gasteiger partial charge in [0, 0.05) is 6.54 Å². The predicted octanol–water partition coefficient (Wildman–Crippen LogP) is 0.570. The number of benzene rings is 1. The van der Waals surface area contributed by atoms with Crippen molar-refractivity contribution in [3.05, 3.63) is 23.8 Å². The maximum absolute atomic E-state index is 12.0. The summed E-state index contributed by atoms with van der Waals surface area (Å²) in [6, 6.07) is 6.68. The molecule has 0 saturated carbocycles. The molecule has 6 heteroatoms. The van der Waals surface area contributed by atoms with E-state index in [1.807, 2.05) is 6.07 Å². The predicted molar refractivity (Wildman–Crippen MR) is 67.4 cm³/mol. The van der Waals surface area contributed by atoms with Crippen LogP contribution in [0.3, 0.4) is 0 Å². The molecule has 1 N–H and O–H groups in total. The van der Waals surface area contributed by atoms with Crippen molar-refractivity contribution in [2.45, 2.75) is 19.6 Å². The molecule has 19 heavy (non-hydrogen) atoms. The minimum Gasteiger partial charge on any atom is -0.479 e. The van der Waals surface area contributed by atoms with Crippen molar-refractivity contribution < 1.29 is 14.3 Å². The molecule has 0 saturated heterocycles. The zero-order chi connectivity index (χ0) is 14.0. The van der Waals surface area contributed by atoms with E-state index in [4.69, 9.17) is 10.00 Å². The monoisotopic (exact) mass is 259 g/mol. The molecule has 0 fully saturated rings. The molecule has 1 unspecified atom stereocenters. The van der Waals surface area contributed by atoms with Crippen LogP contribution in [0.1, 0.15) is 12.5 Å². The summed E-state index contributed by atoms with van der Waals surface area (Å²) in [6.45, 7) is 2.13. The summed E-state index contributed by atoms with van der Waals surface area (Å²) in [5.74, 6) is -1.00. The standard InChI is InChI=1S/C13H13N3O3/c1-8-13(18)16(12(17)6-14)10-5-9(7-15-2)3-4-11(10)19-8/h3-5,8,15H,7H2,1-2H3. The Hall–Kier alpha value is -2.39. The normalized spacial score (nSPS) is 17.4. The van der Waals surface area contributed by atoms with E-state index < -0.39 is 17.9 Å².